The van der Waals surface area contributed by atoms with Crippen LogP contribution in [0.2, 0.25) is 5.02 Å². The number of benzene rings is 3. The molecule has 0 saturated carbocycles. The van der Waals surface area contributed by atoms with Crippen molar-refractivity contribution < 1.29 is 18.7 Å². The Hall–Kier alpha value is -3.75. The van der Waals surface area contributed by atoms with Crippen LogP contribution >= 0.6 is 23.4 Å². The lowest BCUT2D eigenvalue weighted by Crippen LogP contribution is -2.23. The van der Waals surface area contributed by atoms with Crippen molar-refractivity contribution in [1.82, 2.24) is 4.57 Å². The number of pyridine rings is 1. The molecule has 0 radical (unpaired) electrons. The topological polar surface area (TPSA) is 81.7 Å². The van der Waals surface area contributed by atoms with Crippen LogP contribution in [0.1, 0.15) is 5.56 Å². The average molecular weight is 510 g/mol. The smallest absolute Gasteiger partial charge is 0.354 e. The third-order valence-electron chi connectivity index (χ3n) is 5.55. The number of fused-ring (bicyclic) bond motifs is 3. The van der Waals surface area contributed by atoms with E-state index in [9.17, 15) is 19.1 Å². The first-order chi connectivity index (χ1) is 16.9. The molecule has 0 aliphatic carbocycles. The van der Waals surface area contributed by atoms with E-state index in [1.165, 1.54) is 16.7 Å². The molecule has 1 N–H and O–H groups in total. The predicted octanol–water partition coefficient (Wildman–Crippen LogP) is 5.81. The fraction of sp³-hybridized carbons (Fsp3) is 0.0769. The van der Waals surface area contributed by atoms with Crippen LogP contribution in [0.4, 0.5) is 4.39 Å². The quantitative estimate of drug-likeness (QED) is 0.301. The van der Waals surface area contributed by atoms with Gasteiger partial charge in [0.25, 0.3) is 5.56 Å². The highest BCUT2D eigenvalue weighted by Crippen LogP contribution is 2.38. The molecule has 0 amide bonds. The fourth-order valence-electron chi connectivity index (χ4n) is 3.84. The van der Waals surface area contributed by atoms with Crippen LogP contribution in [0.5, 0.6) is 11.5 Å². The molecule has 2 heterocycles. The van der Waals surface area contributed by atoms with Crippen molar-refractivity contribution >= 4 is 45.2 Å². The molecule has 2 aromatic heterocycles. The average Bonchev–Trinajstić information content (AvgIpc) is 2.85. The second-order valence-electron chi connectivity index (χ2n) is 7.73. The number of ether oxygens (including phenoxy) is 1. The molecule has 3 aromatic carbocycles. The summed E-state index contributed by atoms with van der Waals surface area (Å²) in [6.07, 6.45) is 0. The van der Waals surface area contributed by atoms with Crippen LogP contribution in [0.25, 0.3) is 21.9 Å². The van der Waals surface area contributed by atoms with Crippen LogP contribution in [-0.4, -0.2) is 16.8 Å². The number of rotatable bonds is 5. The number of nitrogens with zero attached hydrogens (tertiary/aromatic N) is 1. The minimum atomic E-state index is -0.775. The van der Waals surface area contributed by atoms with Crippen molar-refractivity contribution in [2.24, 2.45) is 0 Å². The number of methoxy groups -OCH3 is 1. The number of hydrogen-bond acceptors (Lipinski definition) is 6. The van der Waals surface area contributed by atoms with E-state index >= 15 is 0 Å². The maximum Gasteiger partial charge on any atom is 0.354 e. The maximum atomic E-state index is 13.6. The van der Waals surface area contributed by atoms with Gasteiger partial charge in [-0.25, -0.2) is 9.18 Å². The molecule has 176 valence electrons. The zero-order chi connectivity index (χ0) is 24.7. The maximum absolute atomic E-state index is 13.6. The molecule has 5 aromatic rings. The Morgan fingerprint density at radius 3 is 2.46 bits per heavy atom. The van der Waals surface area contributed by atoms with Gasteiger partial charge in [0, 0.05) is 15.3 Å². The summed E-state index contributed by atoms with van der Waals surface area (Å²) in [6, 6.07) is 17.4. The molecule has 35 heavy (non-hydrogen) atoms. The normalized spacial score (nSPS) is 11.3. The van der Waals surface area contributed by atoms with Crippen molar-refractivity contribution in [3.05, 3.63) is 104 Å². The molecule has 5 rings (SSSR count). The molecule has 0 spiro atoms. The summed E-state index contributed by atoms with van der Waals surface area (Å²) in [4.78, 5) is 27.0. The van der Waals surface area contributed by atoms with E-state index in [1.807, 2.05) is 0 Å². The Morgan fingerprint density at radius 2 is 1.77 bits per heavy atom. The van der Waals surface area contributed by atoms with Gasteiger partial charge in [-0.05, 0) is 60.2 Å². The van der Waals surface area contributed by atoms with Gasteiger partial charge < -0.3 is 18.8 Å². The van der Waals surface area contributed by atoms with Gasteiger partial charge in [0.1, 0.15) is 21.8 Å². The fourth-order valence-corrected chi connectivity index (χ4v) is 4.84. The Morgan fingerprint density at radius 1 is 1.06 bits per heavy atom. The number of halogens is 2. The third kappa shape index (κ3) is 4.26. The summed E-state index contributed by atoms with van der Waals surface area (Å²) in [5.41, 5.74) is -0.297. The molecule has 9 heteroatoms. The van der Waals surface area contributed by atoms with Crippen molar-refractivity contribution in [2.45, 2.75) is 16.3 Å². The van der Waals surface area contributed by atoms with E-state index in [-0.39, 0.29) is 22.4 Å². The first-order valence-corrected chi connectivity index (χ1v) is 11.6. The van der Waals surface area contributed by atoms with E-state index in [1.54, 1.807) is 61.7 Å². The summed E-state index contributed by atoms with van der Waals surface area (Å²) in [5.74, 6) is -0.225. The SMILES string of the molecule is COc1ccc(Sc2c(O)c3c(=O)n(Cc4ccc(F)cc4)c4cc(Cl)ccc4c3oc2=O)cc1. The minimum Gasteiger partial charge on any atom is -0.505 e. The lowest BCUT2D eigenvalue weighted by atomic mass is 10.1. The van der Waals surface area contributed by atoms with Crippen molar-refractivity contribution in [3.63, 3.8) is 0 Å². The van der Waals surface area contributed by atoms with Gasteiger partial charge in [0.05, 0.1) is 19.2 Å². The molecular formula is C26H17ClFNO5S. The molecule has 0 aliphatic rings. The molecule has 0 fully saturated rings. The standard InChI is InChI=1S/C26H17ClFNO5S/c1-33-17-7-9-18(10-8-17)35-24-22(30)21-23(34-26(24)32)19-11-4-15(27)12-20(19)29(25(21)31)13-14-2-5-16(28)6-3-14/h2-12,30H,13H2,1H3. The predicted molar refractivity (Wildman–Crippen MR) is 134 cm³/mol. The first-order valence-electron chi connectivity index (χ1n) is 10.4. The molecule has 0 atom stereocenters. The van der Waals surface area contributed by atoms with Gasteiger partial charge in [-0.15, -0.1) is 0 Å². The van der Waals surface area contributed by atoms with Gasteiger partial charge >= 0.3 is 5.63 Å². The third-order valence-corrected chi connectivity index (χ3v) is 6.85. The lowest BCUT2D eigenvalue weighted by molar-refractivity contribution is 0.414. The van der Waals surface area contributed by atoms with Crippen molar-refractivity contribution in [1.29, 1.82) is 0 Å². The van der Waals surface area contributed by atoms with E-state index in [2.05, 4.69) is 0 Å². The van der Waals surface area contributed by atoms with Crippen molar-refractivity contribution in [2.75, 3.05) is 7.11 Å². The van der Waals surface area contributed by atoms with Gasteiger partial charge in [0.15, 0.2) is 11.3 Å². The van der Waals surface area contributed by atoms with Gasteiger partial charge in [0.2, 0.25) is 0 Å². The zero-order valence-corrected chi connectivity index (χ0v) is 19.8. The molecule has 0 bridgehead atoms. The number of aromatic nitrogens is 1. The van der Waals surface area contributed by atoms with Crippen LogP contribution < -0.4 is 15.9 Å². The van der Waals surface area contributed by atoms with Gasteiger partial charge in [-0.2, -0.15) is 0 Å². The number of aromatic hydroxyl groups is 1. The number of hydrogen-bond donors (Lipinski definition) is 1. The van der Waals surface area contributed by atoms with Crippen LogP contribution in [-0.2, 0) is 6.54 Å². The molecule has 0 unspecified atom stereocenters. The summed E-state index contributed by atoms with van der Waals surface area (Å²) >= 11 is 7.18. The monoisotopic (exact) mass is 509 g/mol. The second kappa shape index (κ2) is 9.13. The summed E-state index contributed by atoms with van der Waals surface area (Å²) in [7, 11) is 1.54. The Kier molecular flexibility index (Phi) is 6.00. The van der Waals surface area contributed by atoms with E-state index in [0.29, 0.717) is 32.1 Å². The first kappa shape index (κ1) is 23.0. The highest BCUT2D eigenvalue weighted by Gasteiger charge is 2.22. The summed E-state index contributed by atoms with van der Waals surface area (Å²) < 4.78 is 25.5. The van der Waals surface area contributed by atoms with Crippen LogP contribution in [0, 0.1) is 5.82 Å². The molecule has 0 aliphatic heterocycles. The summed E-state index contributed by atoms with van der Waals surface area (Å²) in [5, 5.41) is 11.8. The molecule has 0 saturated heterocycles. The highest BCUT2D eigenvalue weighted by atomic mass is 35.5. The Bertz CT molecular complexity index is 1700. The van der Waals surface area contributed by atoms with Crippen LogP contribution in [0.15, 0.2) is 90.5 Å². The highest BCUT2D eigenvalue weighted by molar-refractivity contribution is 7.99. The zero-order valence-electron chi connectivity index (χ0n) is 18.2. The van der Waals surface area contributed by atoms with Gasteiger partial charge in [-0.3, -0.25) is 4.79 Å². The van der Waals surface area contributed by atoms with Gasteiger partial charge in [-0.1, -0.05) is 35.5 Å². The van der Waals surface area contributed by atoms with E-state index in [0.717, 1.165) is 11.8 Å². The second-order valence-corrected chi connectivity index (χ2v) is 9.25. The largest absolute Gasteiger partial charge is 0.505 e. The van der Waals surface area contributed by atoms with Crippen LogP contribution in [0.3, 0.4) is 0 Å². The summed E-state index contributed by atoms with van der Waals surface area (Å²) in [6.45, 7) is 0.0887. The van der Waals surface area contributed by atoms with E-state index < -0.39 is 22.8 Å². The Balaban J connectivity index is 1.75. The Labute approximate surface area is 207 Å². The molecule has 6 nitrogen and oxygen atoms in total. The van der Waals surface area contributed by atoms with Crippen molar-refractivity contribution in [3.8, 4) is 11.5 Å². The molecular weight excluding hydrogens is 493 g/mol. The van der Waals surface area contributed by atoms with E-state index in [4.69, 9.17) is 20.8 Å². The lowest BCUT2D eigenvalue weighted by Gasteiger charge is -2.14. The minimum absolute atomic E-state index is 0.0291.